The van der Waals surface area contributed by atoms with Crippen molar-refractivity contribution in [3.8, 4) is 0 Å². The van der Waals surface area contributed by atoms with Crippen LogP contribution in [0.3, 0.4) is 0 Å². The molecule has 1 fully saturated rings. The lowest BCUT2D eigenvalue weighted by Gasteiger charge is -2.37. The Kier molecular flexibility index (Phi) is 5.58. The molecular formula is C17H28N2O. The minimum atomic E-state index is 0.365. The molecule has 1 unspecified atom stereocenters. The molecule has 3 N–H and O–H groups in total. The lowest BCUT2D eigenvalue weighted by Crippen LogP contribution is -2.42. The summed E-state index contributed by atoms with van der Waals surface area (Å²) in [6, 6.07) is 7.11. The Balaban J connectivity index is 1.83. The number of aryl methyl sites for hydroxylation is 2. The average molecular weight is 276 g/mol. The van der Waals surface area contributed by atoms with Gasteiger partial charge in [-0.15, -0.1) is 0 Å². The highest BCUT2D eigenvalue weighted by molar-refractivity contribution is 5.29. The molecular weight excluding hydrogens is 248 g/mol. The number of rotatable bonds is 7. The molecule has 1 aromatic rings. The second kappa shape index (κ2) is 7.21. The van der Waals surface area contributed by atoms with Crippen LogP contribution in [0.5, 0.6) is 0 Å². The predicted octanol–water partition coefficient (Wildman–Crippen LogP) is 2.88. The van der Waals surface area contributed by atoms with Gasteiger partial charge in [-0.2, -0.15) is 0 Å². The molecule has 3 nitrogen and oxygen atoms in total. The van der Waals surface area contributed by atoms with E-state index in [1.54, 1.807) is 0 Å². The summed E-state index contributed by atoms with van der Waals surface area (Å²) in [4.78, 5) is 0. The van der Waals surface area contributed by atoms with E-state index < -0.39 is 0 Å². The largest absolute Gasteiger partial charge is 0.378 e. The molecule has 1 aliphatic rings. The van der Waals surface area contributed by atoms with Crippen molar-refractivity contribution in [1.29, 1.82) is 0 Å². The standard InChI is InChI=1S/C17H28N2O/c1-4-20-17-10-15(11-17)9-16(19-18)8-14-6-12(2)5-13(3)7-14/h5-7,15-17,19H,4,8-11,18H2,1-3H3. The summed E-state index contributed by atoms with van der Waals surface area (Å²) in [6.07, 6.45) is 5.03. The molecule has 1 atom stereocenters. The molecule has 2 rings (SSSR count). The highest BCUT2D eigenvalue weighted by Crippen LogP contribution is 2.34. The van der Waals surface area contributed by atoms with E-state index in [-0.39, 0.29) is 0 Å². The normalized spacial score (nSPS) is 23.4. The maximum absolute atomic E-state index is 5.74. The first kappa shape index (κ1) is 15.5. The summed E-state index contributed by atoms with van der Waals surface area (Å²) in [7, 11) is 0. The first-order valence-electron chi connectivity index (χ1n) is 7.75. The second-order valence-electron chi connectivity index (χ2n) is 6.21. The summed E-state index contributed by atoms with van der Waals surface area (Å²) in [5.74, 6) is 6.50. The second-order valence-corrected chi connectivity index (χ2v) is 6.21. The minimum absolute atomic E-state index is 0.365. The van der Waals surface area contributed by atoms with Gasteiger partial charge >= 0.3 is 0 Å². The molecule has 0 radical (unpaired) electrons. The molecule has 0 amide bonds. The van der Waals surface area contributed by atoms with Crippen LogP contribution in [-0.2, 0) is 11.2 Å². The monoisotopic (exact) mass is 276 g/mol. The maximum atomic E-state index is 5.74. The Hall–Kier alpha value is -0.900. The van der Waals surface area contributed by atoms with Gasteiger partial charge < -0.3 is 4.74 Å². The summed E-state index contributed by atoms with van der Waals surface area (Å²) >= 11 is 0. The van der Waals surface area contributed by atoms with Crippen LogP contribution < -0.4 is 11.3 Å². The van der Waals surface area contributed by atoms with E-state index in [2.05, 4.69) is 44.4 Å². The Morgan fingerprint density at radius 3 is 2.45 bits per heavy atom. The van der Waals surface area contributed by atoms with Crippen molar-refractivity contribution in [3.05, 3.63) is 34.9 Å². The van der Waals surface area contributed by atoms with Gasteiger partial charge in [0.2, 0.25) is 0 Å². The Labute approximate surface area is 122 Å². The van der Waals surface area contributed by atoms with Gasteiger partial charge in [0.25, 0.3) is 0 Å². The predicted molar refractivity (Wildman–Crippen MR) is 83.5 cm³/mol. The third-order valence-electron chi connectivity index (χ3n) is 4.21. The topological polar surface area (TPSA) is 47.3 Å². The molecule has 1 aliphatic carbocycles. The van der Waals surface area contributed by atoms with E-state index in [0.29, 0.717) is 12.1 Å². The van der Waals surface area contributed by atoms with E-state index in [0.717, 1.165) is 25.4 Å². The SMILES string of the molecule is CCOC1CC(CC(Cc2cc(C)cc(C)c2)NN)C1. The molecule has 0 saturated heterocycles. The van der Waals surface area contributed by atoms with Gasteiger partial charge in [-0.05, 0) is 57.9 Å². The van der Waals surface area contributed by atoms with Crippen molar-refractivity contribution in [2.24, 2.45) is 11.8 Å². The van der Waals surface area contributed by atoms with Gasteiger partial charge in [0, 0.05) is 12.6 Å². The van der Waals surface area contributed by atoms with Crippen LogP contribution in [0.25, 0.3) is 0 Å². The molecule has 0 heterocycles. The van der Waals surface area contributed by atoms with Crippen molar-refractivity contribution < 1.29 is 4.74 Å². The number of nitrogens with one attached hydrogen (secondary N) is 1. The number of benzene rings is 1. The zero-order chi connectivity index (χ0) is 14.5. The lowest BCUT2D eigenvalue weighted by molar-refractivity contribution is -0.0290. The summed E-state index contributed by atoms with van der Waals surface area (Å²) in [5.41, 5.74) is 7.03. The summed E-state index contributed by atoms with van der Waals surface area (Å²) in [6.45, 7) is 7.20. The molecule has 1 saturated carbocycles. The van der Waals surface area contributed by atoms with Gasteiger partial charge in [-0.25, -0.2) is 0 Å². The van der Waals surface area contributed by atoms with Crippen molar-refractivity contribution in [2.45, 2.75) is 58.6 Å². The van der Waals surface area contributed by atoms with E-state index in [9.17, 15) is 0 Å². The first-order chi connectivity index (χ1) is 9.60. The minimum Gasteiger partial charge on any atom is -0.378 e. The van der Waals surface area contributed by atoms with Gasteiger partial charge in [0.15, 0.2) is 0 Å². The van der Waals surface area contributed by atoms with Crippen molar-refractivity contribution >= 4 is 0 Å². The Bertz CT molecular complexity index is 407. The van der Waals surface area contributed by atoms with Gasteiger partial charge in [-0.3, -0.25) is 11.3 Å². The Morgan fingerprint density at radius 2 is 1.90 bits per heavy atom. The van der Waals surface area contributed by atoms with E-state index in [1.807, 2.05) is 0 Å². The zero-order valence-electron chi connectivity index (χ0n) is 13.0. The molecule has 3 heteroatoms. The smallest absolute Gasteiger partial charge is 0.0580 e. The molecule has 0 aromatic heterocycles. The van der Waals surface area contributed by atoms with E-state index >= 15 is 0 Å². The molecule has 20 heavy (non-hydrogen) atoms. The fourth-order valence-electron chi connectivity index (χ4n) is 3.32. The van der Waals surface area contributed by atoms with Crippen LogP contribution in [0, 0.1) is 19.8 Å². The number of ether oxygens (including phenoxy) is 1. The molecule has 0 spiro atoms. The van der Waals surface area contributed by atoms with Crippen molar-refractivity contribution in [2.75, 3.05) is 6.61 Å². The number of hydrazine groups is 1. The van der Waals surface area contributed by atoms with Crippen LogP contribution in [0.4, 0.5) is 0 Å². The number of nitrogens with two attached hydrogens (primary N) is 1. The lowest BCUT2D eigenvalue weighted by atomic mass is 9.77. The molecule has 0 bridgehead atoms. The Morgan fingerprint density at radius 1 is 1.25 bits per heavy atom. The fraction of sp³-hybridized carbons (Fsp3) is 0.647. The number of hydrogen-bond donors (Lipinski definition) is 2. The van der Waals surface area contributed by atoms with Crippen molar-refractivity contribution in [3.63, 3.8) is 0 Å². The van der Waals surface area contributed by atoms with Crippen LogP contribution in [0.2, 0.25) is 0 Å². The van der Waals surface area contributed by atoms with Gasteiger partial charge in [0.1, 0.15) is 0 Å². The third kappa shape index (κ3) is 4.30. The third-order valence-corrected chi connectivity index (χ3v) is 4.21. The van der Waals surface area contributed by atoms with Crippen molar-refractivity contribution in [1.82, 2.24) is 5.43 Å². The highest BCUT2D eigenvalue weighted by atomic mass is 16.5. The first-order valence-corrected chi connectivity index (χ1v) is 7.75. The summed E-state index contributed by atoms with van der Waals surface area (Å²) in [5, 5.41) is 0. The van der Waals surface area contributed by atoms with Crippen LogP contribution >= 0.6 is 0 Å². The molecule has 1 aromatic carbocycles. The zero-order valence-corrected chi connectivity index (χ0v) is 13.0. The highest BCUT2D eigenvalue weighted by Gasteiger charge is 2.31. The molecule has 0 aliphatic heterocycles. The molecule has 112 valence electrons. The van der Waals surface area contributed by atoms with Crippen LogP contribution in [0.15, 0.2) is 18.2 Å². The van der Waals surface area contributed by atoms with E-state index in [1.165, 1.54) is 29.5 Å². The van der Waals surface area contributed by atoms with Gasteiger partial charge in [-0.1, -0.05) is 29.3 Å². The quantitative estimate of drug-likeness (QED) is 0.594. The van der Waals surface area contributed by atoms with Gasteiger partial charge in [0.05, 0.1) is 6.10 Å². The van der Waals surface area contributed by atoms with Crippen LogP contribution in [0.1, 0.15) is 42.9 Å². The van der Waals surface area contributed by atoms with Crippen LogP contribution in [-0.4, -0.2) is 18.8 Å². The van der Waals surface area contributed by atoms with E-state index in [4.69, 9.17) is 10.6 Å². The fourth-order valence-corrected chi connectivity index (χ4v) is 3.32. The average Bonchev–Trinajstić information content (AvgIpc) is 2.33. The maximum Gasteiger partial charge on any atom is 0.0580 e. The summed E-state index contributed by atoms with van der Waals surface area (Å²) < 4.78 is 5.62. The number of hydrogen-bond acceptors (Lipinski definition) is 3.